The van der Waals surface area contributed by atoms with Gasteiger partial charge in [0.2, 0.25) is 0 Å². The van der Waals surface area contributed by atoms with Gasteiger partial charge in [0.05, 0.1) is 12.7 Å². The van der Waals surface area contributed by atoms with Crippen molar-refractivity contribution in [2.75, 3.05) is 12.9 Å². The molecular formula is C14H13NO2S. The Bertz CT molecular complexity index is 535. The second-order valence-electron chi connectivity index (χ2n) is 3.42. The third-order valence-electron chi connectivity index (χ3n) is 2.09. The Hall–Kier alpha value is -1.91. The van der Waals surface area contributed by atoms with E-state index in [0.717, 1.165) is 5.56 Å². The molecule has 0 atom stereocenters. The molecular weight excluding hydrogens is 246 g/mol. The van der Waals surface area contributed by atoms with Crippen LogP contribution in [-0.4, -0.2) is 18.0 Å². The van der Waals surface area contributed by atoms with E-state index in [9.17, 15) is 4.79 Å². The highest BCUT2D eigenvalue weighted by Gasteiger charge is 2.01. The van der Waals surface area contributed by atoms with Crippen molar-refractivity contribution in [1.29, 1.82) is 5.26 Å². The Labute approximate surface area is 111 Å². The number of hydrogen-bond donors (Lipinski definition) is 0. The summed E-state index contributed by atoms with van der Waals surface area (Å²) >= 11 is 1.27. The number of nitrogens with zero attached hydrogens (tertiary/aromatic N) is 1. The number of methoxy groups -OCH3 is 1. The van der Waals surface area contributed by atoms with Crippen LogP contribution in [0.5, 0.6) is 5.75 Å². The molecule has 0 unspecified atom stereocenters. The van der Waals surface area contributed by atoms with Crippen molar-refractivity contribution >= 4 is 16.9 Å². The van der Waals surface area contributed by atoms with E-state index in [-0.39, 0.29) is 5.12 Å². The van der Waals surface area contributed by atoms with Gasteiger partial charge < -0.3 is 4.74 Å². The molecule has 0 radical (unpaired) electrons. The maximum absolute atomic E-state index is 10.7. The van der Waals surface area contributed by atoms with Crippen molar-refractivity contribution in [1.82, 2.24) is 0 Å². The van der Waals surface area contributed by atoms with Crippen LogP contribution in [0.3, 0.4) is 0 Å². The minimum Gasteiger partial charge on any atom is -0.495 e. The average molecular weight is 259 g/mol. The molecule has 0 saturated heterocycles. The monoisotopic (exact) mass is 259 g/mol. The van der Waals surface area contributed by atoms with E-state index in [0.29, 0.717) is 23.5 Å². The average Bonchev–Trinajstić information content (AvgIpc) is 2.37. The molecule has 0 spiro atoms. The van der Waals surface area contributed by atoms with Gasteiger partial charge in [0.1, 0.15) is 11.8 Å². The van der Waals surface area contributed by atoms with E-state index >= 15 is 0 Å². The molecule has 0 aliphatic rings. The summed E-state index contributed by atoms with van der Waals surface area (Å²) in [5.74, 6) is 7.18. The number of carbonyl (C=O) groups is 1. The van der Waals surface area contributed by atoms with Crippen molar-refractivity contribution < 1.29 is 9.53 Å². The lowest BCUT2D eigenvalue weighted by Gasteiger charge is -2.01. The van der Waals surface area contributed by atoms with Gasteiger partial charge in [-0.1, -0.05) is 23.6 Å². The van der Waals surface area contributed by atoms with Gasteiger partial charge in [-0.25, -0.2) is 0 Å². The molecule has 1 aromatic rings. The molecule has 0 N–H and O–H groups in total. The summed E-state index contributed by atoms with van der Waals surface area (Å²) in [5.41, 5.74) is 1.25. The number of carbonyl (C=O) groups excluding carboxylic acids is 1. The number of benzene rings is 1. The molecule has 0 heterocycles. The Morgan fingerprint density at radius 3 is 2.89 bits per heavy atom. The molecule has 4 heteroatoms. The van der Waals surface area contributed by atoms with Gasteiger partial charge in [-0.15, -0.1) is 0 Å². The van der Waals surface area contributed by atoms with Crippen molar-refractivity contribution in [2.45, 2.75) is 13.3 Å². The maximum Gasteiger partial charge on any atom is 0.185 e. The minimum atomic E-state index is 0.105. The van der Waals surface area contributed by atoms with Crippen LogP contribution in [0.4, 0.5) is 0 Å². The highest BCUT2D eigenvalue weighted by Crippen LogP contribution is 2.18. The zero-order valence-electron chi connectivity index (χ0n) is 10.3. The van der Waals surface area contributed by atoms with Gasteiger partial charge in [-0.05, 0) is 18.2 Å². The van der Waals surface area contributed by atoms with Gasteiger partial charge in [0, 0.05) is 24.7 Å². The van der Waals surface area contributed by atoms with Gasteiger partial charge >= 0.3 is 0 Å². The zero-order valence-corrected chi connectivity index (χ0v) is 11.1. The number of thioether (sulfide) groups is 1. The summed E-state index contributed by atoms with van der Waals surface area (Å²) in [6.45, 7) is 1.54. The van der Waals surface area contributed by atoms with Crippen molar-refractivity contribution in [2.24, 2.45) is 0 Å². The number of nitriles is 1. The first kappa shape index (κ1) is 14.2. The molecule has 0 amide bonds. The molecule has 0 aliphatic carbocycles. The van der Waals surface area contributed by atoms with E-state index in [4.69, 9.17) is 10.00 Å². The van der Waals surface area contributed by atoms with Crippen molar-refractivity contribution in [3.8, 4) is 23.7 Å². The van der Waals surface area contributed by atoms with Crippen LogP contribution in [0.25, 0.3) is 0 Å². The van der Waals surface area contributed by atoms with Crippen LogP contribution in [0.1, 0.15) is 24.5 Å². The second kappa shape index (κ2) is 7.42. The lowest BCUT2D eigenvalue weighted by Crippen LogP contribution is -1.88. The van der Waals surface area contributed by atoms with E-state index in [1.165, 1.54) is 18.9 Å². The normalized spacial score (nSPS) is 8.94. The molecule has 0 aliphatic heterocycles. The Balaban J connectivity index is 2.66. The quantitative estimate of drug-likeness (QED) is 0.618. The van der Waals surface area contributed by atoms with Crippen LogP contribution in [-0.2, 0) is 4.79 Å². The Morgan fingerprint density at radius 1 is 1.50 bits per heavy atom. The first-order chi connectivity index (χ1) is 8.67. The third-order valence-corrected chi connectivity index (χ3v) is 2.90. The van der Waals surface area contributed by atoms with Crippen LogP contribution in [0.2, 0.25) is 0 Å². The largest absolute Gasteiger partial charge is 0.495 e. The van der Waals surface area contributed by atoms with E-state index in [2.05, 4.69) is 17.9 Å². The summed E-state index contributed by atoms with van der Waals surface area (Å²) in [7, 11) is 1.53. The van der Waals surface area contributed by atoms with Crippen LogP contribution < -0.4 is 4.74 Å². The lowest BCUT2D eigenvalue weighted by molar-refractivity contribution is -0.109. The SMILES string of the molecule is COc1ccc(C#CCCSC(C)=O)cc1C#N. The van der Waals surface area contributed by atoms with Gasteiger partial charge in [0.25, 0.3) is 0 Å². The third kappa shape index (κ3) is 4.53. The molecule has 92 valence electrons. The molecule has 3 nitrogen and oxygen atoms in total. The molecule has 0 fully saturated rings. The van der Waals surface area contributed by atoms with Gasteiger partial charge in [0.15, 0.2) is 5.12 Å². The lowest BCUT2D eigenvalue weighted by atomic mass is 10.1. The van der Waals surface area contributed by atoms with Gasteiger partial charge in [-0.2, -0.15) is 5.26 Å². The number of hydrogen-bond acceptors (Lipinski definition) is 4. The van der Waals surface area contributed by atoms with E-state index in [1.54, 1.807) is 19.1 Å². The fourth-order valence-corrected chi connectivity index (χ4v) is 1.78. The van der Waals surface area contributed by atoms with Gasteiger partial charge in [-0.3, -0.25) is 4.79 Å². The van der Waals surface area contributed by atoms with Crippen molar-refractivity contribution in [3.63, 3.8) is 0 Å². The smallest absolute Gasteiger partial charge is 0.185 e. The van der Waals surface area contributed by atoms with E-state index in [1.807, 2.05) is 6.07 Å². The molecule has 18 heavy (non-hydrogen) atoms. The minimum absolute atomic E-state index is 0.105. The summed E-state index contributed by atoms with van der Waals surface area (Å²) in [5, 5.41) is 9.03. The molecule has 1 aromatic carbocycles. The fourth-order valence-electron chi connectivity index (χ4n) is 1.28. The molecule has 1 rings (SSSR count). The Morgan fingerprint density at radius 2 is 2.28 bits per heavy atom. The summed E-state index contributed by atoms with van der Waals surface area (Å²) in [6, 6.07) is 7.30. The highest BCUT2D eigenvalue weighted by molar-refractivity contribution is 8.13. The maximum atomic E-state index is 10.7. The fraction of sp³-hybridized carbons (Fsp3) is 0.286. The summed E-state index contributed by atoms with van der Waals surface area (Å²) < 4.78 is 5.05. The van der Waals surface area contributed by atoms with Crippen LogP contribution >= 0.6 is 11.8 Å². The van der Waals surface area contributed by atoms with Crippen LogP contribution in [0.15, 0.2) is 18.2 Å². The molecule has 0 bridgehead atoms. The Kier molecular flexibility index (Phi) is 5.84. The summed E-state index contributed by atoms with van der Waals surface area (Å²) in [6.07, 6.45) is 0.651. The highest BCUT2D eigenvalue weighted by atomic mass is 32.2. The first-order valence-corrected chi connectivity index (χ1v) is 6.36. The van der Waals surface area contributed by atoms with Crippen LogP contribution in [0, 0.1) is 23.2 Å². The zero-order chi connectivity index (χ0) is 13.4. The summed E-state index contributed by atoms with van der Waals surface area (Å²) in [4.78, 5) is 10.7. The predicted molar refractivity (Wildman–Crippen MR) is 72.3 cm³/mol. The number of ether oxygens (including phenoxy) is 1. The standard InChI is InChI=1S/C14H13NO2S/c1-11(16)18-8-4-3-5-12-6-7-14(17-2)13(9-12)10-15/h6-7,9H,4,8H2,1-2H3. The second-order valence-corrected chi connectivity index (χ2v) is 4.69. The number of rotatable bonds is 3. The predicted octanol–water partition coefficient (Wildman–Crippen LogP) is 2.59. The van der Waals surface area contributed by atoms with Crippen molar-refractivity contribution in [3.05, 3.63) is 29.3 Å². The molecule has 0 saturated carbocycles. The topological polar surface area (TPSA) is 50.1 Å². The molecule has 0 aromatic heterocycles. The first-order valence-electron chi connectivity index (χ1n) is 5.37. The van der Waals surface area contributed by atoms with E-state index < -0.39 is 0 Å².